The van der Waals surface area contributed by atoms with E-state index in [9.17, 15) is 4.79 Å². The lowest BCUT2D eigenvalue weighted by Gasteiger charge is -2.11. The molecule has 0 aliphatic heterocycles. The van der Waals surface area contributed by atoms with Crippen LogP contribution in [-0.4, -0.2) is 26.4 Å². The topological polar surface area (TPSA) is 59.8 Å². The van der Waals surface area contributed by atoms with Gasteiger partial charge in [0.05, 0.1) is 16.5 Å². The molecule has 32 heavy (non-hydrogen) atoms. The molecule has 0 fully saturated rings. The Morgan fingerprint density at radius 3 is 2.53 bits per heavy atom. The number of halogens is 3. The second-order valence-electron chi connectivity index (χ2n) is 6.90. The monoisotopic (exact) mass is 546 g/mol. The maximum atomic E-state index is 12.6. The van der Waals surface area contributed by atoms with Crippen LogP contribution in [-0.2, 0) is 4.79 Å². The molecule has 162 valence electrons. The van der Waals surface area contributed by atoms with Crippen LogP contribution >= 0.6 is 50.9 Å². The predicted octanol–water partition coefficient (Wildman–Crippen LogP) is 7.04. The Kier molecular flexibility index (Phi) is 7.20. The van der Waals surface area contributed by atoms with Gasteiger partial charge in [0.25, 0.3) is 0 Å². The van der Waals surface area contributed by atoms with Gasteiger partial charge in [-0.05, 0) is 48.9 Å². The Bertz CT molecular complexity index is 1280. The van der Waals surface area contributed by atoms with E-state index in [1.54, 1.807) is 12.1 Å². The van der Waals surface area contributed by atoms with Crippen LogP contribution in [0.5, 0.6) is 0 Å². The van der Waals surface area contributed by atoms with E-state index >= 15 is 0 Å². The number of rotatable bonds is 6. The molecule has 9 heteroatoms. The quantitative estimate of drug-likeness (QED) is 0.263. The van der Waals surface area contributed by atoms with Crippen LogP contribution in [0.25, 0.3) is 17.1 Å². The van der Waals surface area contributed by atoms with Crippen LogP contribution in [0.2, 0.25) is 10.0 Å². The number of hydrogen-bond donors (Lipinski definition) is 1. The molecule has 0 aliphatic rings. The summed E-state index contributed by atoms with van der Waals surface area (Å²) in [6.45, 7) is 1.95. The summed E-state index contributed by atoms with van der Waals surface area (Å²) in [5, 5.41) is 13.3. The highest BCUT2D eigenvalue weighted by Gasteiger charge is 2.18. The van der Waals surface area contributed by atoms with E-state index in [2.05, 4.69) is 31.4 Å². The van der Waals surface area contributed by atoms with E-state index in [-0.39, 0.29) is 11.7 Å². The molecule has 3 aromatic carbocycles. The van der Waals surface area contributed by atoms with Gasteiger partial charge in [0.2, 0.25) is 5.91 Å². The molecule has 0 aliphatic carbocycles. The van der Waals surface area contributed by atoms with E-state index in [4.69, 9.17) is 23.2 Å². The summed E-state index contributed by atoms with van der Waals surface area (Å²) in [5.41, 5.74) is 3.28. The fourth-order valence-electron chi connectivity index (χ4n) is 3.00. The number of aryl methyl sites for hydroxylation is 1. The predicted molar refractivity (Wildman–Crippen MR) is 135 cm³/mol. The highest BCUT2D eigenvalue weighted by atomic mass is 79.9. The van der Waals surface area contributed by atoms with Crippen LogP contribution in [0, 0.1) is 6.92 Å². The van der Waals surface area contributed by atoms with Crippen LogP contribution in [0.3, 0.4) is 0 Å². The zero-order chi connectivity index (χ0) is 22.7. The number of aromatic nitrogens is 3. The summed E-state index contributed by atoms with van der Waals surface area (Å²) in [4.78, 5) is 12.6. The van der Waals surface area contributed by atoms with E-state index in [1.807, 2.05) is 66.1 Å². The molecule has 4 aromatic rings. The van der Waals surface area contributed by atoms with Gasteiger partial charge in [-0.25, -0.2) is 0 Å². The molecule has 1 heterocycles. The first-order chi connectivity index (χ1) is 15.4. The zero-order valence-corrected chi connectivity index (χ0v) is 20.8. The number of hydrogen-bond acceptors (Lipinski definition) is 4. The minimum absolute atomic E-state index is 0.145. The van der Waals surface area contributed by atoms with Crippen molar-refractivity contribution in [2.45, 2.75) is 12.1 Å². The number of benzene rings is 3. The van der Waals surface area contributed by atoms with Crippen molar-refractivity contribution in [1.29, 1.82) is 0 Å². The summed E-state index contributed by atoms with van der Waals surface area (Å²) >= 11 is 17.2. The molecule has 1 amide bonds. The molecule has 0 bridgehead atoms. The molecule has 1 aromatic heterocycles. The fraction of sp³-hybridized carbons (Fsp3) is 0.0870. The lowest BCUT2D eigenvalue weighted by Crippen LogP contribution is -2.15. The number of carbonyl (C=O) groups excluding carboxylic acids is 1. The Labute approximate surface area is 208 Å². The minimum Gasteiger partial charge on any atom is -0.324 e. The summed E-state index contributed by atoms with van der Waals surface area (Å²) in [6.07, 6.45) is 0. The van der Waals surface area contributed by atoms with Gasteiger partial charge in [0.1, 0.15) is 0 Å². The molecular formula is C23H17BrCl2N4OS. The minimum atomic E-state index is -0.193. The van der Waals surface area contributed by atoms with Gasteiger partial charge in [-0.2, -0.15) is 0 Å². The van der Waals surface area contributed by atoms with E-state index in [0.717, 1.165) is 21.3 Å². The number of anilines is 1. The molecule has 1 N–H and O–H groups in total. The van der Waals surface area contributed by atoms with E-state index < -0.39 is 0 Å². The largest absolute Gasteiger partial charge is 0.324 e. The van der Waals surface area contributed by atoms with Gasteiger partial charge in [0.15, 0.2) is 11.0 Å². The normalized spacial score (nSPS) is 10.9. The summed E-state index contributed by atoms with van der Waals surface area (Å²) in [7, 11) is 0. The lowest BCUT2D eigenvalue weighted by molar-refractivity contribution is -0.113. The van der Waals surface area contributed by atoms with Crippen molar-refractivity contribution in [3.63, 3.8) is 0 Å². The third-order valence-electron chi connectivity index (χ3n) is 4.62. The number of nitrogens with one attached hydrogen (secondary N) is 1. The van der Waals surface area contributed by atoms with Crippen molar-refractivity contribution in [3.8, 4) is 17.1 Å². The Morgan fingerprint density at radius 2 is 1.81 bits per heavy atom. The van der Waals surface area contributed by atoms with E-state index in [0.29, 0.717) is 26.7 Å². The molecule has 0 saturated carbocycles. The maximum absolute atomic E-state index is 12.6. The molecule has 0 atom stereocenters. The van der Waals surface area contributed by atoms with E-state index in [1.165, 1.54) is 11.8 Å². The number of thioether (sulfide) groups is 1. The fourth-order valence-corrected chi connectivity index (χ4v) is 4.65. The maximum Gasteiger partial charge on any atom is 0.234 e. The standard InChI is InChI=1S/C23H17BrCl2N4OS/c1-14-7-8-15(11-18(14)25)22-28-29-23(30(22)17-5-3-2-4-6-17)32-13-21(31)27-20-10-9-16(24)12-19(20)26/h2-12H,13H2,1H3,(H,27,31). The molecule has 0 spiro atoms. The summed E-state index contributed by atoms with van der Waals surface area (Å²) < 4.78 is 2.76. The van der Waals surface area contributed by atoms with Crippen LogP contribution in [0.4, 0.5) is 5.69 Å². The smallest absolute Gasteiger partial charge is 0.234 e. The van der Waals surface area contributed by atoms with Gasteiger partial charge in [-0.3, -0.25) is 9.36 Å². The average molecular weight is 548 g/mol. The zero-order valence-electron chi connectivity index (χ0n) is 16.8. The van der Waals surface area contributed by atoms with Gasteiger partial charge < -0.3 is 5.32 Å². The lowest BCUT2D eigenvalue weighted by atomic mass is 10.1. The third kappa shape index (κ3) is 5.18. The second-order valence-corrected chi connectivity index (χ2v) is 9.57. The number of nitrogens with zero attached hydrogens (tertiary/aromatic N) is 3. The van der Waals surface area contributed by atoms with Crippen molar-refractivity contribution >= 4 is 62.5 Å². The molecule has 4 rings (SSSR count). The summed E-state index contributed by atoms with van der Waals surface area (Å²) in [6, 6.07) is 20.8. The van der Waals surface area contributed by atoms with Gasteiger partial charge >= 0.3 is 0 Å². The summed E-state index contributed by atoms with van der Waals surface area (Å²) in [5.74, 6) is 0.602. The molecule has 0 radical (unpaired) electrons. The first-order valence-electron chi connectivity index (χ1n) is 9.57. The van der Waals surface area contributed by atoms with Gasteiger partial charge in [-0.15, -0.1) is 10.2 Å². The Morgan fingerprint density at radius 1 is 1.03 bits per heavy atom. The van der Waals surface area contributed by atoms with Crippen LogP contribution in [0.15, 0.2) is 76.4 Å². The molecule has 0 unspecified atom stereocenters. The van der Waals surface area contributed by atoms with Gasteiger partial charge in [0, 0.05) is 20.7 Å². The van der Waals surface area contributed by atoms with Crippen molar-refractivity contribution in [1.82, 2.24) is 14.8 Å². The highest BCUT2D eigenvalue weighted by molar-refractivity contribution is 9.10. The number of amides is 1. The van der Waals surface area contributed by atoms with Gasteiger partial charge in [-0.1, -0.05) is 81.2 Å². The molecular weight excluding hydrogens is 531 g/mol. The number of para-hydroxylation sites is 1. The van der Waals surface area contributed by atoms with Crippen molar-refractivity contribution in [3.05, 3.63) is 86.8 Å². The van der Waals surface area contributed by atoms with Crippen LogP contribution < -0.4 is 5.32 Å². The SMILES string of the molecule is Cc1ccc(-c2nnc(SCC(=O)Nc3ccc(Br)cc3Cl)n2-c2ccccc2)cc1Cl. The first kappa shape index (κ1) is 22.9. The Hall–Kier alpha value is -2.32. The molecule has 0 saturated heterocycles. The third-order valence-corrected chi connectivity index (χ3v) is 6.76. The Balaban J connectivity index is 1.60. The molecule has 5 nitrogen and oxygen atoms in total. The van der Waals surface area contributed by atoms with Crippen LogP contribution in [0.1, 0.15) is 5.56 Å². The van der Waals surface area contributed by atoms with Crippen molar-refractivity contribution < 1.29 is 4.79 Å². The highest BCUT2D eigenvalue weighted by Crippen LogP contribution is 2.31. The number of carbonyl (C=O) groups is 1. The first-order valence-corrected chi connectivity index (χ1v) is 12.1. The average Bonchev–Trinajstić information content (AvgIpc) is 3.21. The van der Waals surface area contributed by atoms with Crippen molar-refractivity contribution in [2.75, 3.05) is 11.1 Å². The van der Waals surface area contributed by atoms with Crippen molar-refractivity contribution in [2.24, 2.45) is 0 Å². The second kappa shape index (κ2) is 10.1.